The van der Waals surface area contributed by atoms with Crippen LogP contribution in [0.4, 0.5) is 0 Å². The van der Waals surface area contributed by atoms with Crippen molar-refractivity contribution >= 4 is 11.2 Å². The second-order valence-corrected chi connectivity index (χ2v) is 3.09. The summed E-state index contributed by atoms with van der Waals surface area (Å²) in [5.41, 5.74) is 0.825. The van der Waals surface area contributed by atoms with Crippen LogP contribution in [0.25, 0.3) is 11.2 Å². The monoisotopic (exact) mass is 194 g/mol. The van der Waals surface area contributed by atoms with Gasteiger partial charge in [-0.05, 0) is 6.92 Å². The molecule has 0 saturated carbocycles. The van der Waals surface area contributed by atoms with Gasteiger partial charge in [0, 0.05) is 0 Å². The third kappa shape index (κ3) is 1.20. The van der Waals surface area contributed by atoms with Gasteiger partial charge in [0.15, 0.2) is 5.65 Å². The predicted octanol–water partition coefficient (Wildman–Crippen LogP) is -0.327. The summed E-state index contributed by atoms with van der Waals surface area (Å²) in [4.78, 5) is 21.9. The summed E-state index contributed by atoms with van der Waals surface area (Å²) >= 11 is 0. The molecule has 0 saturated heterocycles. The van der Waals surface area contributed by atoms with Crippen molar-refractivity contribution in [2.45, 2.75) is 13.0 Å². The van der Waals surface area contributed by atoms with Crippen LogP contribution >= 0.6 is 0 Å². The number of aliphatic hydroxyl groups excluding tert-OH is 1. The fraction of sp³-hybridized carbons (Fsp3) is 0.375. The van der Waals surface area contributed by atoms with E-state index in [1.54, 1.807) is 6.92 Å². The summed E-state index contributed by atoms with van der Waals surface area (Å²) in [5, 5.41) is 8.97. The first-order valence-electron chi connectivity index (χ1n) is 4.25. The van der Waals surface area contributed by atoms with Crippen molar-refractivity contribution in [2.24, 2.45) is 0 Å². The van der Waals surface area contributed by atoms with Crippen LogP contribution in [0.15, 0.2) is 17.3 Å². The number of hydrogen-bond acceptors (Lipinski definition) is 4. The highest BCUT2D eigenvalue weighted by Gasteiger charge is 2.12. The zero-order valence-electron chi connectivity index (χ0n) is 7.64. The summed E-state index contributed by atoms with van der Waals surface area (Å²) in [6.07, 6.45) is 2.90. The van der Waals surface area contributed by atoms with Gasteiger partial charge in [0.1, 0.15) is 11.8 Å². The summed E-state index contributed by atoms with van der Waals surface area (Å²) in [5.74, 6) is 0. The predicted molar refractivity (Wildman–Crippen MR) is 49.9 cm³/mol. The second kappa shape index (κ2) is 3.22. The fourth-order valence-corrected chi connectivity index (χ4v) is 1.37. The number of aromatic nitrogens is 4. The first-order chi connectivity index (χ1) is 6.74. The Labute approximate surface area is 79.2 Å². The van der Waals surface area contributed by atoms with Crippen LogP contribution in [-0.4, -0.2) is 31.2 Å². The number of aromatic amines is 1. The number of nitrogens with zero attached hydrogens (tertiary/aromatic N) is 3. The number of nitrogens with one attached hydrogen (secondary N) is 1. The molecule has 0 aliphatic heterocycles. The van der Waals surface area contributed by atoms with Crippen LogP contribution in [-0.2, 0) is 0 Å². The van der Waals surface area contributed by atoms with E-state index in [0.29, 0.717) is 11.2 Å². The van der Waals surface area contributed by atoms with E-state index >= 15 is 0 Å². The van der Waals surface area contributed by atoms with Gasteiger partial charge in [0.05, 0.1) is 18.8 Å². The van der Waals surface area contributed by atoms with E-state index in [2.05, 4.69) is 15.0 Å². The largest absolute Gasteiger partial charge is 0.394 e. The molecule has 2 heterocycles. The van der Waals surface area contributed by atoms with Crippen LogP contribution < -0.4 is 5.69 Å². The minimum Gasteiger partial charge on any atom is -0.394 e. The highest BCUT2D eigenvalue weighted by molar-refractivity contribution is 5.68. The SMILES string of the molecule is CC(CO)n1c(=O)[nH]c2cncnc21. The Hall–Kier alpha value is -1.69. The zero-order chi connectivity index (χ0) is 10.1. The van der Waals surface area contributed by atoms with Crippen LogP contribution in [0.1, 0.15) is 13.0 Å². The maximum Gasteiger partial charge on any atom is 0.328 e. The molecule has 2 rings (SSSR count). The topological polar surface area (TPSA) is 83.8 Å². The molecule has 0 fully saturated rings. The molecule has 6 nitrogen and oxygen atoms in total. The van der Waals surface area contributed by atoms with Crippen LogP contribution in [0.5, 0.6) is 0 Å². The summed E-state index contributed by atoms with van der Waals surface area (Å²) < 4.78 is 1.41. The molecule has 6 heteroatoms. The van der Waals surface area contributed by atoms with Gasteiger partial charge in [0.2, 0.25) is 0 Å². The van der Waals surface area contributed by atoms with E-state index in [-0.39, 0.29) is 18.3 Å². The molecule has 74 valence electrons. The molecule has 1 atom stereocenters. The molecule has 0 spiro atoms. The van der Waals surface area contributed by atoms with E-state index in [4.69, 9.17) is 5.11 Å². The van der Waals surface area contributed by atoms with E-state index in [0.717, 1.165) is 0 Å². The molecule has 1 unspecified atom stereocenters. The molecule has 0 radical (unpaired) electrons. The molecule has 0 aliphatic carbocycles. The molecule has 0 bridgehead atoms. The highest BCUT2D eigenvalue weighted by Crippen LogP contribution is 2.09. The third-order valence-corrected chi connectivity index (χ3v) is 2.08. The smallest absolute Gasteiger partial charge is 0.328 e. The normalized spacial score (nSPS) is 13.3. The second-order valence-electron chi connectivity index (χ2n) is 3.09. The van der Waals surface area contributed by atoms with Crippen molar-refractivity contribution in [3.63, 3.8) is 0 Å². The van der Waals surface area contributed by atoms with Gasteiger partial charge in [-0.3, -0.25) is 4.57 Å². The van der Waals surface area contributed by atoms with Crippen LogP contribution in [0, 0.1) is 0 Å². The van der Waals surface area contributed by atoms with Crippen molar-refractivity contribution in [1.82, 2.24) is 19.5 Å². The average Bonchev–Trinajstić information content (AvgIpc) is 2.53. The molecule has 14 heavy (non-hydrogen) atoms. The Morgan fingerprint density at radius 3 is 3.21 bits per heavy atom. The van der Waals surface area contributed by atoms with E-state index in [1.807, 2.05) is 0 Å². The Balaban J connectivity index is 2.74. The summed E-state index contributed by atoms with van der Waals surface area (Å²) in [6.45, 7) is 1.65. The average molecular weight is 194 g/mol. The van der Waals surface area contributed by atoms with Gasteiger partial charge in [-0.1, -0.05) is 0 Å². The first-order valence-corrected chi connectivity index (χ1v) is 4.25. The lowest BCUT2D eigenvalue weighted by Gasteiger charge is -2.08. The standard InChI is InChI=1S/C8H10N4O2/c1-5(3-13)12-7-6(11-8(12)14)2-9-4-10-7/h2,4-5,13H,3H2,1H3,(H,11,14). The molecular formula is C8H10N4O2. The Morgan fingerprint density at radius 2 is 2.50 bits per heavy atom. The van der Waals surface area contributed by atoms with Gasteiger partial charge in [-0.25, -0.2) is 14.8 Å². The Kier molecular flexibility index (Phi) is 2.05. The summed E-state index contributed by atoms with van der Waals surface area (Å²) in [6, 6.07) is -0.286. The minimum absolute atomic E-state index is 0.100. The van der Waals surface area contributed by atoms with Gasteiger partial charge in [0.25, 0.3) is 0 Å². The third-order valence-electron chi connectivity index (χ3n) is 2.08. The fourth-order valence-electron chi connectivity index (χ4n) is 1.37. The van der Waals surface area contributed by atoms with Gasteiger partial charge in [-0.2, -0.15) is 0 Å². The Morgan fingerprint density at radius 1 is 1.71 bits per heavy atom. The quantitative estimate of drug-likeness (QED) is 0.685. The number of aliphatic hydroxyl groups is 1. The molecule has 2 N–H and O–H groups in total. The molecule has 2 aromatic rings. The number of H-pyrrole nitrogens is 1. The molecule has 2 aromatic heterocycles. The van der Waals surface area contributed by atoms with Crippen molar-refractivity contribution in [1.29, 1.82) is 0 Å². The lowest BCUT2D eigenvalue weighted by molar-refractivity contribution is 0.238. The lowest BCUT2D eigenvalue weighted by atomic mass is 10.3. The zero-order valence-corrected chi connectivity index (χ0v) is 7.64. The van der Waals surface area contributed by atoms with E-state index < -0.39 is 0 Å². The van der Waals surface area contributed by atoms with Gasteiger partial charge >= 0.3 is 5.69 Å². The number of rotatable bonds is 2. The van der Waals surface area contributed by atoms with Gasteiger partial charge < -0.3 is 10.1 Å². The highest BCUT2D eigenvalue weighted by atomic mass is 16.3. The van der Waals surface area contributed by atoms with Gasteiger partial charge in [-0.15, -0.1) is 0 Å². The maximum absolute atomic E-state index is 11.5. The maximum atomic E-state index is 11.5. The Bertz CT molecular complexity index is 501. The van der Waals surface area contributed by atoms with Crippen LogP contribution in [0.3, 0.4) is 0 Å². The first kappa shape index (κ1) is 8.89. The number of fused-ring (bicyclic) bond motifs is 1. The van der Waals surface area contributed by atoms with Crippen LogP contribution in [0.2, 0.25) is 0 Å². The number of imidazole rings is 1. The number of hydrogen-bond donors (Lipinski definition) is 2. The van der Waals surface area contributed by atoms with Crippen molar-refractivity contribution in [3.05, 3.63) is 23.0 Å². The molecule has 0 amide bonds. The van der Waals surface area contributed by atoms with Crippen molar-refractivity contribution in [3.8, 4) is 0 Å². The molecular weight excluding hydrogens is 184 g/mol. The summed E-state index contributed by atoms with van der Waals surface area (Å²) in [7, 11) is 0. The minimum atomic E-state index is -0.286. The molecule has 0 aromatic carbocycles. The van der Waals surface area contributed by atoms with E-state index in [1.165, 1.54) is 17.1 Å². The molecule has 0 aliphatic rings. The van der Waals surface area contributed by atoms with E-state index in [9.17, 15) is 4.79 Å². The lowest BCUT2D eigenvalue weighted by Crippen LogP contribution is -2.22. The van der Waals surface area contributed by atoms with Crippen molar-refractivity contribution in [2.75, 3.05) is 6.61 Å². The van der Waals surface area contributed by atoms with Crippen molar-refractivity contribution < 1.29 is 5.11 Å².